The average Bonchev–Trinajstić information content (AvgIpc) is 2.69. The molecule has 0 saturated carbocycles. The van der Waals surface area contributed by atoms with E-state index < -0.39 is 0 Å². The summed E-state index contributed by atoms with van der Waals surface area (Å²) in [5.74, 6) is 1.66. The van der Waals surface area contributed by atoms with Gasteiger partial charge in [0.1, 0.15) is 23.1 Å². The lowest BCUT2D eigenvalue weighted by Crippen LogP contribution is -2.16. The topological polar surface area (TPSA) is 76.1 Å². The van der Waals surface area contributed by atoms with Crippen LogP contribution in [-0.2, 0) is 6.42 Å². The fraction of sp³-hybridized carbons (Fsp3) is 0.190. The summed E-state index contributed by atoms with van der Waals surface area (Å²) in [4.78, 5) is 21.1. The SMILES string of the molecule is COc1cccc(CCNc2cc(C(=O)Nc3ccc(Cl)cc3)nc(C)n2)c1. The number of amides is 1. The lowest BCUT2D eigenvalue weighted by atomic mass is 10.1. The van der Waals surface area contributed by atoms with Crippen molar-refractivity contribution in [3.63, 3.8) is 0 Å². The van der Waals surface area contributed by atoms with Gasteiger partial charge in [-0.2, -0.15) is 0 Å². The molecule has 0 atom stereocenters. The van der Waals surface area contributed by atoms with E-state index in [2.05, 4.69) is 20.6 Å². The highest BCUT2D eigenvalue weighted by Crippen LogP contribution is 2.16. The van der Waals surface area contributed by atoms with E-state index in [0.717, 1.165) is 17.7 Å². The number of nitrogens with zero attached hydrogens (tertiary/aromatic N) is 2. The summed E-state index contributed by atoms with van der Waals surface area (Å²) >= 11 is 5.87. The minimum Gasteiger partial charge on any atom is -0.497 e. The Balaban J connectivity index is 1.63. The van der Waals surface area contributed by atoms with Crippen molar-refractivity contribution in [2.24, 2.45) is 0 Å². The van der Waals surface area contributed by atoms with Gasteiger partial charge in [-0.1, -0.05) is 23.7 Å². The summed E-state index contributed by atoms with van der Waals surface area (Å²) in [6, 6.07) is 16.5. The van der Waals surface area contributed by atoms with Crippen LogP contribution in [-0.4, -0.2) is 29.5 Å². The van der Waals surface area contributed by atoms with Crippen molar-refractivity contribution in [1.29, 1.82) is 0 Å². The van der Waals surface area contributed by atoms with E-state index in [0.29, 0.717) is 34.6 Å². The van der Waals surface area contributed by atoms with Gasteiger partial charge in [0.25, 0.3) is 5.91 Å². The smallest absolute Gasteiger partial charge is 0.274 e. The van der Waals surface area contributed by atoms with Gasteiger partial charge in [0.2, 0.25) is 0 Å². The van der Waals surface area contributed by atoms with Crippen LogP contribution in [0.25, 0.3) is 0 Å². The first kappa shape index (κ1) is 19.6. The number of benzene rings is 2. The van der Waals surface area contributed by atoms with Crippen molar-refractivity contribution in [1.82, 2.24) is 9.97 Å². The van der Waals surface area contributed by atoms with Crippen LogP contribution >= 0.6 is 11.6 Å². The zero-order valence-electron chi connectivity index (χ0n) is 15.7. The predicted octanol–water partition coefficient (Wildman–Crippen LogP) is 4.35. The van der Waals surface area contributed by atoms with E-state index >= 15 is 0 Å². The number of ether oxygens (including phenoxy) is 1. The highest BCUT2D eigenvalue weighted by molar-refractivity contribution is 6.30. The number of carbonyl (C=O) groups excluding carboxylic acids is 1. The molecule has 1 amide bonds. The number of methoxy groups -OCH3 is 1. The average molecular weight is 397 g/mol. The summed E-state index contributed by atoms with van der Waals surface area (Å²) < 4.78 is 5.24. The maximum absolute atomic E-state index is 12.5. The quantitative estimate of drug-likeness (QED) is 0.620. The standard InChI is InChI=1S/C21H21ClN4O2/c1-14-24-19(21(27)26-17-8-6-16(22)7-9-17)13-20(25-14)23-11-10-15-4-3-5-18(12-15)28-2/h3-9,12-13H,10-11H2,1-2H3,(H,26,27)(H,23,24,25). The molecule has 6 nitrogen and oxygen atoms in total. The van der Waals surface area contributed by atoms with Crippen molar-refractivity contribution in [3.8, 4) is 5.75 Å². The fourth-order valence-electron chi connectivity index (χ4n) is 2.67. The number of carbonyl (C=O) groups is 1. The third kappa shape index (κ3) is 5.44. The van der Waals surface area contributed by atoms with Crippen molar-refractivity contribution in [2.75, 3.05) is 24.3 Å². The second-order valence-electron chi connectivity index (χ2n) is 6.17. The Hall–Kier alpha value is -3.12. The molecule has 0 aliphatic heterocycles. The Kier molecular flexibility index (Phi) is 6.45. The number of hydrogen-bond acceptors (Lipinski definition) is 5. The summed E-state index contributed by atoms with van der Waals surface area (Å²) in [5, 5.41) is 6.66. The molecule has 2 N–H and O–H groups in total. The zero-order valence-corrected chi connectivity index (χ0v) is 16.5. The minimum absolute atomic E-state index is 0.298. The Morgan fingerprint density at radius 3 is 2.64 bits per heavy atom. The molecule has 0 radical (unpaired) electrons. The largest absolute Gasteiger partial charge is 0.497 e. The summed E-state index contributed by atoms with van der Waals surface area (Å²) in [6.45, 7) is 2.42. The summed E-state index contributed by atoms with van der Waals surface area (Å²) in [5.41, 5.74) is 2.10. The van der Waals surface area contributed by atoms with Gasteiger partial charge in [0, 0.05) is 23.3 Å². The Labute approximate surface area is 168 Å². The first-order chi connectivity index (χ1) is 13.5. The van der Waals surface area contributed by atoms with Crippen LogP contribution in [0.1, 0.15) is 21.9 Å². The van der Waals surface area contributed by atoms with Crippen molar-refractivity contribution in [3.05, 3.63) is 76.7 Å². The molecule has 1 aromatic heterocycles. The monoisotopic (exact) mass is 396 g/mol. The summed E-state index contributed by atoms with van der Waals surface area (Å²) in [7, 11) is 1.65. The van der Waals surface area contributed by atoms with Crippen molar-refractivity contribution in [2.45, 2.75) is 13.3 Å². The molecule has 3 rings (SSSR count). The van der Waals surface area contributed by atoms with E-state index in [9.17, 15) is 4.79 Å². The molecule has 7 heteroatoms. The van der Waals surface area contributed by atoms with E-state index in [1.165, 1.54) is 0 Å². The van der Waals surface area contributed by atoms with Crippen LogP contribution in [0, 0.1) is 6.92 Å². The van der Waals surface area contributed by atoms with Crippen LogP contribution < -0.4 is 15.4 Å². The van der Waals surface area contributed by atoms with Crippen LogP contribution in [0.15, 0.2) is 54.6 Å². The summed E-state index contributed by atoms with van der Waals surface area (Å²) in [6.07, 6.45) is 0.798. The molecule has 1 heterocycles. The number of hydrogen-bond donors (Lipinski definition) is 2. The number of aryl methyl sites for hydroxylation is 1. The Morgan fingerprint density at radius 2 is 1.89 bits per heavy atom. The van der Waals surface area contributed by atoms with Gasteiger partial charge in [-0.3, -0.25) is 4.79 Å². The zero-order chi connectivity index (χ0) is 19.9. The third-order valence-corrected chi connectivity index (χ3v) is 4.28. The highest BCUT2D eigenvalue weighted by Gasteiger charge is 2.11. The van der Waals surface area contributed by atoms with Gasteiger partial charge in [-0.25, -0.2) is 9.97 Å². The van der Waals surface area contributed by atoms with E-state index in [1.54, 1.807) is 44.4 Å². The van der Waals surface area contributed by atoms with Crippen molar-refractivity contribution >= 4 is 29.0 Å². The second kappa shape index (κ2) is 9.19. The van der Waals surface area contributed by atoms with Gasteiger partial charge in [0.05, 0.1) is 7.11 Å². The molecule has 0 aliphatic rings. The second-order valence-corrected chi connectivity index (χ2v) is 6.61. The fourth-order valence-corrected chi connectivity index (χ4v) is 2.79. The molecule has 0 unspecified atom stereocenters. The van der Waals surface area contributed by atoms with Crippen LogP contribution in [0.3, 0.4) is 0 Å². The Bertz CT molecular complexity index is 961. The van der Waals surface area contributed by atoms with Gasteiger partial charge in [-0.15, -0.1) is 0 Å². The molecule has 28 heavy (non-hydrogen) atoms. The first-order valence-corrected chi connectivity index (χ1v) is 9.21. The molecule has 0 aliphatic carbocycles. The molecular weight excluding hydrogens is 376 g/mol. The Morgan fingerprint density at radius 1 is 1.11 bits per heavy atom. The number of aromatic nitrogens is 2. The van der Waals surface area contributed by atoms with Crippen LogP contribution in [0.5, 0.6) is 5.75 Å². The lowest BCUT2D eigenvalue weighted by molar-refractivity contribution is 0.102. The maximum Gasteiger partial charge on any atom is 0.274 e. The third-order valence-electron chi connectivity index (χ3n) is 4.03. The highest BCUT2D eigenvalue weighted by atomic mass is 35.5. The molecule has 0 spiro atoms. The van der Waals surface area contributed by atoms with Gasteiger partial charge in [0.15, 0.2) is 0 Å². The molecular formula is C21H21ClN4O2. The van der Waals surface area contributed by atoms with E-state index in [-0.39, 0.29) is 5.91 Å². The molecule has 0 fully saturated rings. The number of rotatable bonds is 7. The van der Waals surface area contributed by atoms with Gasteiger partial charge in [-0.05, 0) is 55.3 Å². The van der Waals surface area contributed by atoms with E-state index in [4.69, 9.17) is 16.3 Å². The maximum atomic E-state index is 12.5. The normalized spacial score (nSPS) is 10.4. The first-order valence-electron chi connectivity index (χ1n) is 8.83. The molecule has 3 aromatic rings. The van der Waals surface area contributed by atoms with Crippen molar-refractivity contribution < 1.29 is 9.53 Å². The molecule has 144 valence electrons. The molecule has 0 saturated heterocycles. The molecule has 0 bridgehead atoms. The van der Waals surface area contributed by atoms with E-state index in [1.807, 2.05) is 24.3 Å². The number of nitrogens with one attached hydrogen (secondary N) is 2. The van der Waals surface area contributed by atoms with Gasteiger partial charge < -0.3 is 15.4 Å². The molecule has 2 aromatic carbocycles. The van der Waals surface area contributed by atoms with Crippen LogP contribution in [0.2, 0.25) is 5.02 Å². The minimum atomic E-state index is -0.302. The lowest BCUT2D eigenvalue weighted by Gasteiger charge is -2.10. The number of halogens is 1. The predicted molar refractivity (Wildman–Crippen MR) is 111 cm³/mol. The van der Waals surface area contributed by atoms with Crippen LogP contribution in [0.4, 0.5) is 11.5 Å². The number of anilines is 2. The van der Waals surface area contributed by atoms with Gasteiger partial charge >= 0.3 is 0 Å².